The average molecular weight is 409 g/mol. The van der Waals surface area contributed by atoms with Gasteiger partial charge in [-0.25, -0.2) is 0 Å². The van der Waals surface area contributed by atoms with Gasteiger partial charge in [-0.2, -0.15) is 0 Å². The molecule has 0 bridgehead atoms. The number of rotatable bonds is 8. The molecule has 2 aromatic carbocycles. The van der Waals surface area contributed by atoms with E-state index in [9.17, 15) is 0 Å². The highest BCUT2D eigenvalue weighted by atomic mass is 16.5. The van der Waals surface area contributed by atoms with Gasteiger partial charge in [-0.05, 0) is 92.6 Å². The van der Waals surface area contributed by atoms with Crippen molar-refractivity contribution in [3.8, 4) is 5.75 Å². The lowest BCUT2D eigenvalue weighted by Crippen LogP contribution is -2.38. The number of nitrogens with one attached hydrogen (secondary N) is 2. The molecule has 2 fully saturated rings. The number of ether oxygens (including phenoxy) is 1. The molecular formula is C25H36N4O. The van der Waals surface area contributed by atoms with Crippen molar-refractivity contribution in [3.63, 3.8) is 0 Å². The van der Waals surface area contributed by atoms with Crippen molar-refractivity contribution in [1.82, 2.24) is 10.6 Å². The first kappa shape index (κ1) is 21.0. The molecule has 0 radical (unpaired) electrons. The molecule has 2 saturated heterocycles. The highest BCUT2D eigenvalue weighted by molar-refractivity contribution is 5.53. The summed E-state index contributed by atoms with van der Waals surface area (Å²) in [6.07, 6.45) is 5.02. The van der Waals surface area contributed by atoms with Crippen LogP contribution >= 0.6 is 0 Å². The van der Waals surface area contributed by atoms with Crippen molar-refractivity contribution in [2.45, 2.75) is 31.6 Å². The van der Waals surface area contributed by atoms with Gasteiger partial charge in [0.1, 0.15) is 12.4 Å². The third-order valence-corrected chi connectivity index (χ3v) is 6.50. The number of nitrogens with two attached hydrogens (primary N) is 1. The van der Waals surface area contributed by atoms with Crippen molar-refractivity contribution in [2.75, 3.05) is 56.5 Å². The summed E-state index contributed by atoms with van der Waals surface area (Å²) in [5, 5.41) is 7.07. The summed E-state index contributed by atoms with van der Waals surface area (Å²) in [7, 11) is 0. The number of nitrogen functional groups attached to an aromatic ring is 1. The van der Waals surface area contributed by atoms with Crippen LogP contribution in [0.4, 0.5) is 11.4 Å². The monoisotopic (exact) mass is 408 g/mol. The maximum absolute atomic E-state index is 5.93. The van der Waals surface area contributed by atoms with Crippen molar-refractivity contribution in [2.24, 2.45) is 5.92 Å². The molecule has 4 N–H and O–H groups in total. The second-order valence-corrected chi connectivity index (χ2v) is 8.69. The van der Waals surface area contributed by atoms with Gasteiger partial charge in [-0.15, -0.1) is 0 Å². The van der Waals surface area contributed by atoms with Crippen molar-refractivity contribution in [3.05, 3.63) is 54.1 Å². The third-order valence-electron chi connectivity index (χ3n) is 6.50. The van der Waals surface area contributed by atoms with Crippen LogP contribution in [-0.2, 0) is 0 Å². The van der Waals surface area contributed by atoms with E-state index in [0.29, 0.717) is 12.5 Å². The number of piperidine rings is 2. The fraction of sp³-hybridized carbons (Fsp3) is 0.520. The Morgan fingerprint density at radius 2 is 1.77 bits per heavy atom. The Hall–Kier alpha value is -2.24. The van der Waals surface area contributed by atoms with Crippen molar-refractivity contribution >= 4 is 11.4 Å². The molecule has 0 aliphatic carbocycles. The quantitative estimate of drug-likeness (QED) is 0.460. The van der Waals surface area contributed by atoms with Gasteiger partial charge < -0.3 is 26.0 Å². The second-order valence-electron chi connectivity index (χ2n) is 8.69. The van der Waals surface area contributed by atoms with Gasteiger partial charge in [0.2, 0.25) is 0 Å². The Kier molecular flexibility index (Phi) is 7.49. The van der Waals surface area contributed by atoms with Crippen molar-refractivity contribution < 1.29 is 4.74 Å². The Labute approximate surface area is 181 Å². The average Bonchev–Trinajstić information content (AvgIpc) is 2.81. The van der Waals surface area contributed by atoms with Crippen LogP contribution in [0.5, 0.6) is 5.75 Å². The molecule has 30 heavy (non-hydrogen) atoms. The molecule has 1 atom stereocenters. The van der Waals surface area contributed by atoms with E-state index < -0.39 is 0 Å². The maximum atomic E-state index is 5.93. The molecule has 2 aromatic rings. The van der Waals surface area contributed by atoms with E-state index in [4.69, 9.17) is 10.5 Å². The van der Waals surface area contributed by atoms with Crippen LogP contribution < -0.4 is 26.0 Å². The number of nitrogens with zero attached hydrogens (tertiary/aromatic N) is 1. The largest absolute Gasteiger partial charge is 0.492 e. The summed E-state index contributed by atoms with van der Waals surface area (Å²) in [4.78, 5) is 2.46. The summed E-state index contributed by atoms with van der Waals surface area (Å²) in [6.45, 7) is 7.19. The molecule has 5 heteroatoms. The van der Waals surface area contributed by atoms with Gasteiger partial charge in [0, 0.05) is 37.6 Å². The van der Waals surface area contributed by atoms with Gasteiger partial charge in [0.05, 0.1) is 0 Å². The summed E-state index contributed by atoms with van der Waals surface area (Å²) < 4.78 is 5.93. The second kappa shape index (κ2) is 10.7. The van der Waals surface area contributed by atoms with Crippen LogP contribution in [-0.4, -0.2) is 45.9 Å². The van der Waals surface area contributed by atoms with Crippen LogP contribution in [0.2, 0.25) is 0 Å². The smallest absolute Gasteiger partial charge is 0.119 e. The molecule has 0 spiro atoms. The lowest BCUT2D eigenvalue weighted by molar-refractivity contribution is 0.302. The molecule has 4 rings (SSSR count). The molecule has 2 aliphatic rings. The van der Waals surface area contributed by atoms with Crippen LogP contribution in [0.3, 0.4) is 0 Å². The van der Waals surface area contributed by atoms with E-state index in [1.807, 2.05) is 12.1 Å². The van der Waals surface area contributed by atoms with Crippen LogP contribution in [0.1, 0.15) is 37.2 Å². The Bertz CT molecular complexity index is 748. The summed E-state index contributed by atoms with van der Waals surface area (Å²) >= 11 is 0. The van der Waals surface area contributed by atoms with Crippen molar-refractivity contribution in [1.29, 1.82) is 0 Å². The van der Waals surface area contributed by atoms with E-state index in [0.717, 1.165) is 56.6 Å². The van der Waals surface area contributed by atoms with E-state index >= 15 is 0 Å². The normalized spacial score (nSPS) is 20.3. The Morgan fingerprint density at radius 3 is 2.47 bits per heavy atom. The molecule has 0 saturated carbocycles. The highest BCUT2D eigenvalue weighted by Gasteiger charge is 2.19. The van der Waals surface area contributed by atoms with E-state index in [1.54, 1.807) is 0 Å². The van der Waals surface area contributed by atoms with Gasteiger partial charge in [0.25, 0.3) is 0 Å². The number of anilines is 2. The predicted molar refractivity (Wildman–Crippen MR) is 125 cm³/mol. The zero-order chi connectivity index (χ0) is 20.6. The molecule has 2 heterocycles. The standard InChI is InChI=1S/C25H36N4O/c26-23-5-7-24(8-6-23)29-15-11-20(12-16-29)18-28-14-17-30-25-9-3-21(4-10-25)22-2-1-13-27-19-22/h3-10,20,22,27-28H,1-2,11-19,26H2. The lowest BCUT2D eigenvalue weighted by atomic mass is 9.92. The van der Waals surface area contributed by atoms with Gasteiger partial charge in [-0.1, -0.05) is 12.1 Å². The molecule has 162 valence electrons. The van der Waals surface area contributed by atoms with Crippen LogP contribution in [0.25, 0.3) is 0 Å². The molecule has 0 amide bonds. The zero-order valence-electron chi connectivity index (χ0n) is 18.0. The third kappa shape index (κ3) is 5.89. The zero-order valence-corrected chi connectivity index (χ0v) is 18.0. The summed E-state index contributed by atoms with van der Waals surface area (Å²) in [5.74, 6) is 2.38. The first-order valence-electron chi connectivity index (χ1n) is 11.5. The number of benzene rings is 2. The maximum Gasteiger partial charge on any atom is 0.119 e. The van der Waals surface area contributed by atoms with Gasteiger partial charge >= 0.3 is 0 Å². The van der Waals surface area contributed by atoms with Crippen LogP contribution in [0, 0.1) is 5.92 Å². The molecule has 2 aliphatic heterocycles. The molecular weight excluding hydrogens is 372 g/mol. The van der Waals surface area contributed by atoms with E-state index in [-0.39, 0.29) is 0 Å². The van der Waals surface area contributed by atoms with E-state index in [2.05, 4.69) is 51.9 Å². The minimum Gasteiger partial charge on any atom is -0.492 e. The number of hydrogen-bond acceptors (Lipinski definition) is 5. The predicted octanol–water partition coefficient (Wildman–Crippen LogP) is 3.62. The SMILES string of the molecule is Nc1ccc(N2CCC(CNCCOc3ccc(C4CCCNC4)cc3)CC2)cc1. The van der Waals surface area contributed by atoms with Gasteiger partial charge in [0.15, 0.2) is 0 Å². The molecule has 5 nitrogen and oxygen atoms in total. The first-order valence-corrected chi connectivity index (χ1v) is 11.5. The Balaban J connectivity index is 1.10. The van der Waals surface area contributed by atoms with Gasteiger partial charge in [-0.3, -0.25) is 0 Å². The Morgan fingerprint density at radius 1 is 1.00 bits per heavy atom. The van der Waals surface area contributed by atoms with E-state index in [1.165, 1.54) is 36.9 Å². The lowest BCUT2D eigenvalue weighted by Gasteiger charge is -2.33. The minimum atomic E-state index is 0.654. The highest BCUT2D eigenvalue weighted by Crippen LogP contribution is 2.25. The fourth-order valence-corrected chi connectivity index (χ4v) is 4.60. The minimum absolute atomic E-state index is 0.654. The summed E-state index contributed by atoms with van der Waals surface area (Å²) in [6, 6.07) is 16.9. The molecule has 1 unspecified atom stereocenters. The fourth-order valence-electron chi connectivity index (χ4n) is 4.60. The summed E-state index contributed by atoms with van der Waals surface area (Å²) in [5.41, 5.74) is 9.34. The van der Waals surface area contributed by atoms with Crippen LogP contribution in [0.15, 0.2) is 48.5 Å². The molecule has 0 aromatic heterocycles. The topological polar surface area (TPSA) is 62.5 Å². The number of hydrogen-bond donors (Lipinski definition) is 3. The first-order chi connectivity index (χ1) is 14.8.